The molecule has 1 N–H and O–H groups in total. The van der Waals surface area contributed by atoms with E-state index >= 15 is 0 Å². The fourth-order valence-electron chi connectivity index (χ4n) is 2.21. The molecule has 2 aromatic rings. The minimum absolute atomic E-state index is 0.626. The number of aromatic nitrogens is 3. The van der Waals surface area contributed by atoms with Crippen LogP contribution in [0.4, 0.5) is 0 Å². The van der Waals surface area contributed by atoms with Crippen molar-refractivity contribution in [3.8, 4) is 5.69 Å². The predicted molar refractivity (Wildman–Crippen MR) is 78.5 cm³/mol. The Morgan fingerprint density at radius 2 is 2.21 bits per heavy atom. The molecule has 1 aliphatic heterocycles. The van der Waals surface area contributed by atoms with E-state index in [0.29, 0.717) is 6.04 Å². The summed E-state index contributed by atoms with van der Waals surface area (Å²) in [6.45, 7) is 0.804. The second kappa shape index (κ2) is 6.21. The van der Waals surface area contributed by atoms with Crippen LogP contribution in [-0.4, -0.2) is 32.5 Å². The Hall–Kier alpha value is -1.33. The molecule has 19 heavy (non-hydrogen) atoms. The van der Waals surface area contributed by atoms with Crippen molar-refractivity contribution in [1.29, 1.82) is 0 Å². The molecule has 3 rings (SSSR count). The van der Waals surface area contributed by atoms with Gasteiger partial charge in [0, 0.05) is 18.3 Å². The third-order valence-electron chi connectivity index (χ3n) is 3.26. The zero-order valence-corrected chi connectivity index (χ0v) is 11.6. The van der Waals surface area contributed by atoms with E-state index in [0.717, 1.165) is 17.9 Å². The molecule has 5 heteroatoms. The summed E-state index contributed by atoms with van der Waals surface area (Å²) in [7, 11) is 0. The van der Waals surface area contributed by atoms with Gasteiger partial charge in [0.1, 0.15) is 0 Å². The minimum Gasteiger partial charge on any atom is -0.307 e. The Balaban J connectivity index is 1.59. The summed E-state index contributed by atoms with van der Waals surface area (Å²) < 4.78 is 0. The molecule has 2 heterocycles. The lowest BCUT2D eigenvalue weighted by atomic mass is 10.2. The maximum Gasteiger partial charge on any atom is 0.0969 e. The third kappa shape index (κ3) is 3.36. The maximum absolute atomic E-state index is 4.50. The lowest BCUT2D eigenvalue weighted by molar-refractivity contribution is 0.502. The normalized spacial score (nSPS) is 19.5. The largest absolute Gasteiger partial charge is 0.307 e. The first-order chi connectivity index (χ1) is 9.42. The van der Waals surface area contributed by atoms with E-state index in [2.05, 4.69) is 15.5 Å². The van der Waals surface area contributed by atoms with Crippen molar-refractivity contribution in [1.82, 2.24) is 20.3 Å². The van der Waals surface area contributed by atoms with Gasteiger partial charge in [0.05, 0.1) is 17.6 Å². The summed E-state index contributed by atoms with van der Waals surface area (Å²) in [6.07, 6.45) is 4.44. The lowest BCUT2D eigenvalue weighted by Gasteiger charge is -2.21. The topological polar surface area (TPSA) is 42.7 Å². The molecule has 1 aliphatic rings. The van der Waals surface area contributed by atoms with Crippen molar-refractivity contribution in [3.63, 3.8) is 0 Å². The van der Waals surface area contributed by atoms with Crippen LogP contribution in [0.1, 0.15) is 18.5 Å². The van der Waals surface area contributed by atoms with Gasteiger partial charge in [-0.05, 0) is 30.7 Å². The van der Waals surface area contributed by atoms with Crippen molar-refractivity contribution in [2.75, 3.05) is 11.5 Å². The number of thioether (sulfide) groups is 1. The van der Waals surface area contributed by atoms with Gasteiger partial charge >= 0.3 is 0 Å². The molecule has 1 aromatic carbocycles. The summed E-state index contributed by atoms with van der Waals surface area (Å²) >= 11 is 2.04. The highest BCUT2D eigenvalue weighted by molar-refractivity contribution is 7.99. The lowest BCUT2D eigenvalue weighted by Crippen LogP contribution is -2.33. The van der Waals surface area contributed by atoms with Gasteiger partial charge in [0.2, 0.25) is 0 Å². The third-order valence-corrected chi connectivity index (χ3v) is 4.47. The van der Waals surface area contributed by atoms with E-state index in [1.165, 1.54) is 24.3 Å². The molecular formula is C14H18N4S. The SMILES string of the molecule is c1ccc(-n2ncc(CNC3CCCSC3)n2)cc1. The van der Waals surface area contributed by atoms with Crippen molar-refractivity contribution < 1.29 is 0 Å². The van der Waals surface area contributed by atoms with Crippen molar-refractivity contribution >= 4 is 11.8 Å². The maximum atomic E-state index is 4.50. The van der Waals surface area contributed by atoms with Gasteiger partial charge in [-0.2, -0.15) is 26.8 Å². The van der Waals surface area contributed by atoms with Gasteiger partial charge in [0.15, 0.2) is 0 Å². The molecule has 1 unspecified atom stereocenters. The van der Waals surface area contributed by atoms with Gasteiger partial charge in [-0.3, -0.25) is 0 Å². The fourth-order valence-corrected chi connectivity index (χ4v) is 3.32. The van der Waals surface area contributed by atoms with E-state index < -0.39 is 0 Å². The molecule has 4 nitrogen and oxygen atoms in total. The molecule has 100 valence electrons. The molecule has 0 bridgehead atoms. The Kier molecular flexibility index (Phi) is 4.15. The van der Waals surface area contributed by atoms with Crippen LogP contribution in [0.25, 0.3) is 5.69 Å². The molecular weight excluding hydrogens is 256 g/mol. The number of rotatable bonds is 4. The van der Waals surface area contributed by atoms with Crippen molar-refractivity contribution in [2.45, 2.75) is 25.4 Å². The Labute approximate surface area is 117 Å². The number of nitrogens with one attached hydrogen (secondary N) is 1. The number of nitrogens with zero attached hydrogens (tertiary/aromatic N) is 3. The molecule has 1 aromatic heterocycles. The van der Waals surface area contributed by atoms with Crippen LogP contribution in [-0.2, 0) is 6.54 Å². The van der Waals surface area contributed by atoms with E-state index in [1.807, 2.05) is 48.3 Å². The van der Waals surface area contributed by atoms with Gasteiger partial charge < -0.3 is 5.32 Å². The number of para-hydroxylation sites is 1. The average Bonchev–Trinajstić information content (AvgIpc) is 2.96. The first kappa shape index (κ1) is 12.7. The smallest absolute Gasteiger partial charge is 0.0969 e. The van der Waals surface area contributed by atoms with E-state index in [4.69, 9.17) is 0 Å². The minimum atomic E-state index is 0.626. The zero-order valence-electron chi connectivity index (χ0n) is 10.8. The highest BCUT2D eigenvalue weighted by Crippen LogP contribution is 2.17. The highest BCUT2D eigenvalue weighted by Gasteiger charge is 2.13. The standard InChI is InChI=1S/C14H18N4S/c1-2-6-14(7-3-1)18-16-10-13(17-18)9-15-12-5-4-8-19-11-12/h1-3,6-7,10,12,15H,4-5,8-9,11H2. The van der Waals surface area contributed by atoms with Crippen LogP contribution in [0.15, 0.2) is 36.5 Å². The summed E-state index contributed by atoms with van der Waals surface area (Å²) in [5.74, 6) is 2.52. The number of hydrogen-bond donors (Lipinski definition) is 1. The second-order valence-corrected chi connectivity index (χ2v) is 5.91. The van der Waals surface area contributed by atoms with Crippen LogP contribution in [0.2, 0.25) is 0 Å². The molecule has 1 fully saturated rings. The first-order valence-electron chi connectivity index (χ1n) is 6.69. The summed E-state index contributed by atoms with van der Waals surface area (Å²) in [5.41, 5.74) is 2.00. The van der Waals surface area contributed by atoms with E-state index in [-0.39, 0.29) is 0 Å². The molecule has 1 atom stereocenters. The summed E-state index contributed by atoms with van der Waals surface area (Å²) in [6, 6.07) is 10.6. The molecule has 0 radical (unpaired) electrons. The first-order valence-corrected chi connectivity index (χ1v) is 7.85. The van der Waals surface area contributed by atoms with Crippen molar-refractivity contribution in [2.24, 2.45) is 0 Å². The highest BCUT2D eigenvalue weighted by atomic mass is 32.2. The monoisotopic (exact) mass is 274 g/mol. The summed E-state index contributed by atoms with van der Waals surface area (Å²) in [4.78, 5) is 1.69. The number of hydrogen-bond acceptors (Lipinski definition) is 4. The molecule has 0 saturated carbocycles. The van der Waals surface area contributed by atoms with Gasteiger partial charge in [-0.25, -0.2) is 0 Å². The number of benzene rings is 1. The van der Waals surface area contributed by atoms with Crippen molar-refractivity contribution in [3.05, 3.63) is 42.2 Å². The van der Waals surface area contributed by atoms with E-state index in [9.17, 15) is 0 Å². The molecule has 1 saturated heterocycles. The predicted octanol–water partition coefficient (Wildman–Crippen LogP) is 2.25. The van der Waals surface area contributed by atoms with Gasteiger partial charge in [-0.15, -0.1) is 0 Å². The molecule has 0 aliphatic carbocycles. The van der Waals surface area contributed by atoms with Crippen LogP contribution in [0.3, 0.4) is 0 Å². The van der Waals surface area contributed by atoms with Crippen LogP contribution in [0, 0.1) is 0 Å². The molecule has 0 amide bonds. The average molecular weight is 274 g/mol. The fraction of sp³-hybridized carbons (Fsp3) is 0.429. The van der Waals surface area contributed by atoms with Crippen LogP contribution in [0.5, 0.6) is 0 Å². The summed E-state index contributed by atoms with van der Waals surface area (Å²) in [5, 5.41) is 12.4. The van der Waals surface area contributed by atoms with Crippen LogP contribution < -0.4 is 5.32 Å². The quantitative estimate of drug-likeness (QED) is 0.928. The second-order valence-electron chi connectivity index (χ2n) is 4.76. The van der Waals surface area contributed by atoms with E-state index in [1.54, 1.807) is 4.80 Å². The Bertz CT molecular complexity index is 505. The zero-order chi connectivity index (χ0) is 12.9. The Morgan fingerprint density at radius 3 is 3.00 bits per heavy atom. The van der Waals surface area contributed by atoms with Gasteiger partial charge in [0.25, 0.3) is 0 Å². The molecule has 0 spiro atoms. The van der Waals surface area contributed by atoms with Crippen LogP contribution >= 0.6 is 11.8 Å². The van der Waals surface area contributed by atoms with Gasteiger partial charge in [-0.1, -0.05) is 18.2 Å². The Morgan fingerprint density at radius 1 is 1.32 bits per heavy atom.